The maximum atomic E-state index is 13.6. The van der Waals surface area contributed by atoms with Crippen LogP contribution >= 0.6 is 0 Å². The Balaban J connectivity index is 3.16. The second-order valence-electron chi connectivity index (χ2n) is 3.77. The smallest absolute Gasteiger partial charge is 0.306 e. The normalized spacial score (nSPS) is 14.2. The molecule has 0 aliphatic heterocycles. The molecule has 1 N–H and O–H groups in total. The summed E-state index contributed by atoms with van der Waals surface area (Å²) >= 11 is 0. The number of halogens is 1. The number of hydrogen-bond donors (Lipinski definition) is 1. The lowest BCUT2D eigenvalue weighted by molar-refractivity contribution is -0.141. The molecule has 2 atom stereocenters. The third-order valence-corrected chi connectivity index (χ3v) is 2.83. The fraction of sp³-hybridized carbons (Fsp3) is 0.417. The Hall–Kier alpha value is -1.58. The second kappa shape index (κ2) is 4.96. The highest BCUT2D eigenvalue weighted by Gasteiger charge is 2.26. The fourth-order valence-corrected chi connectivity index (χ4v) is 1.60. The zero-order valence-corrected chi connectivity index (χ0v) is 9.53. The predicted molar refractivity (Wildman–Crippen MR) is 58.2 cm³/mol. The number of rotatable bonds is 4. The Bertz CT molecular complexity index is 390. The summed E-state index contributed by atoms with van der Waals surface area (Å²) in [5.41, 5.74) is 0.319. The molecule has 0 saturated carbocycles. The van der Waals surface area contributed by atoms with E-state index in [4.69, 9.17) is 9.84 Å². The van der Waals surface area contributed by atoms with Crippen molar-refractivity contribution in [1.29, 1.82) is 0 Å². The van der Waals surface area contributed by atoms with Gasteiger partial charge in [-0.2, -0.15) is 0 Å². The quantitative estimate of drug-likeness (QED) is 0.858. The van der Waals surface area contributed by atoms with Crippen LogP contribution in [0.5, 0.6) is 5.75 Å². The number of carboxylic acids is 1. The van der Waals surface area contributed by atoms with E-state index in [1.807, 2.05) is 0 Å². The number of aliphatic carboxylic acids is 1. The molecule has 0 fully saturated rings. The zero-order valence-electron chi connectivity index (χ0n) is 9.53. The lowest BCUT2D eigenvalue weighted by Gasteiger charge is -2.19. The molecule has 0 bridgehead atoms. The van der Waals surface area contributed by atoms with Crippen LogP contribution in [0, 0.1) is 11.7 Å². The van der Waals surface area contributed by atoms with E-state index < -0.39 is 23.6 Å². The van der Waals surface area contributed by atoms with Crippen LogP contribution in [0.2, 0.25) is 0 Å². The standard InChI is InChI=1S/C12H15FO3/c1-7(8(2)12(14)15)11-9(13)5-4-6-10(11)16-3/h4-8H,1-3H3,(H,14,15). The number of ether oxygens (including phenoxy) is 1. The summed E-state index contributed by atoms with van der Waals surface area (Å²) in [6.45, 7) is 3.23. The SMILES string of the molecule is COc1cccc(F)c1C(C)C(C)C(=O)O. The summed E-state index contributed by atoms with van der Waals surface area (Å²) in [6, 6.07) is 4.47. The largest absolute Gasteiger partial charge is 0.496 e. The molecule has 4 heteroatoms. The second-order valence-corrected chi connectivity index (χ2v) is 3.77. The molecule has 0 aliphatic rings. The lowest BCUT2D eigenvalue weighted by Crippen LogP contribution is -2.18. The number of hydrogen-bond acceptors (Lipinski definition) is 2. The Morgan fingerprint density at radius 1 is 1.44 bits per heavy atom. The molecule has 0 radical (unpaired) electrons. The van der Waals surface area contributed by atoms with E-state index in [1.54, 1.807) is 19.9 Å². The van der Waals surface area contributed by atoms with E-state index in [9.17, 15) is 9.18 Å². The van der Waals surface area contributed by atoms with Gasteiger partial charge < -0.3 is 9.84 Å². The minimum absolute atomic E-state index is 0.319. The molecule has 0 amide bonds. The molecule has 0 saturated heterocycles. The number of methoxy groups -OCH3 is 1. The molecular formula is C12H15FO3. The van der Waals surface area contributed by atoms with Crippen molar-refractivity contribution >= 4 is 5.97 Å². The molecule has 88 valence electrons. The van der Waals surface area contributed by atoms with Crippen molar-refractivity contribution in [1.82, 2.24) is 0 Å². The summed E-state index contributed by atoms with van der Waals surface area (Å²) in [5, 5.41) is 8.90. The van der Waals surface area contributed by atoms with E-state index in [0.29, 0.717) is 11.3 Å². The Kier molecular flexibility index (Phi) is 3.88. The molecule has 0 aliphatic carbocycles. The van der Waals surface area contributed by atoms with Crippen molar-refractivity contribution in [3.05, 3.63) is 29.6 Å². The lowest BCUT2D eigenvalue weighted by atomic mass is 9.88. The van der Waals surface area contributed by atoms with Crippen LogP contribution in [0.3, 0.4) is 0 Å². The van der Waals surface area contributed by atoms with E-state index in [-0.39, 0.29) is 0 Å². The number of benzene rings is 1. The summed E-state index contributed by atoms with van der Waals surface area (Å²) in [4.78, 5) is 10.9. The van der Waals surface area contributed by atoms with E-state index >= 15 is 0 Å². The summed E-state index contributed by atoms with van der Waals surface area (Å²) in [6.07, 6.45) is 0. The summed E-state index contributed by atoms with van der Waals surface area (Å²) in [5.74, 6) is -2.09. The summed E-state index contributed by atoms with van der Waals surface area (Å²) in [7, 11) is 1.44. The first-order valence-electron chi connectivity index (χ1n) is 5.04. The van der Waals surface area contributed by atoms with E-state index in [0.717, 1.165) is 0 Å². The van der Waals surface area contributed by atoms with Crippen LogP contribution < -0.4 is 4.74 Å². The van der Waals surface area contributed by atoms with Gasteiger partial charge in [0.15, 0.2) is 0 Å². The molecule has 3 nitrogen and oxygen atoms in total. The van der Waals surface area contributed by atoms with Crippen LogP contribution in [0.15, 0.2) is 18.2 Å². The van der Waals surface area contributed by atoms with Gasteiger partial charge in [-0.3, -0.25) is 4.79 Å². The molecule has 1 rings (SSSR count). The highest BCUT2D eigenvalue weighted by Crippen LogP contribution is 2.33. The zero-order chi connectivity index (χ0) is 12.3. The number of carbonyl (C=O) groups is 1. The summed E-state index contributed by atoms with van der Waals surface area (Å²) < 4.78 is 18.7. The van der Waals surface area contributed by atoms with Crippen molar-refractivity contribution in [3.63, 3.8) is 0 Å². The fourth-order valence-electron chi connectivity index (χ4n) is 1.60. The third-order valence-electron chi connectivity index (χ3n) is 2.83. The van der Waals surface area contributed by atoms with Gasteiger partial charge in [-0.1, -0.05) is 19.9 Å². The predicted octanol–water partition coefficient (Wildman–Crippen LogP) is 2.66. The topological polar surface area (TPSA) is 46.5 Å². The van der Waals surface area contributed by atoms with Gasteiger partial charge in [-0.05, 0) is 12.1 Å². The molecule has 0 heterocycles. The highest BCUT2D eigenvalue weighted by atomic mass is 19.1. The van der Waals surface area contributed by atoms with E-state index in [1.165, 1.54) is 19.2 Å². The first-order chi connectivity index (χ1) is 7.49. The Morgan fingerprint density at radius 2 is 2.06 bits per heavy atom. The van der Waals surface area contributed by atoms with Crippen LogP contribution in [0.1, 0.15) is 25.3 Å². The average Bonchev–Trinajstić information content (AvgIpc) is 2.26. The van der Waals surface area contributed by atoms with Crippen molar-refractivity contribution in [2.45, 2.75) is 19.8 Å². The monoisotopic (exact) mass is 226 g/mol. The minimum Gasteiger partial charge on any atom is -0.496 e. The van der Waals surface area contributed by atoms with Gasteiger partial charge in [0.05, 0.1) is 13.0 Å². The molecule has 1 aromatic rings. The van der Waals surface area contributed by atoms with Crippen LogP contribution in [-0.2, 0) is 4.79 Å². The maximum Gasteiger partial charge on any atom is 0.306 e. The Morgan fingerprint density at radius 3 is 2.56 bits per heavy atom. The molecule has 1 aromatic carbocycles. The molecule has 2 unspecified atom stereocenters. The van der Waals surface area contributed by atoms with Crippen molar-refractivity contribution in [2.75, 3.05) is 7.11 Å². The molecular weight excluding hydrogens is 211 g/mol. The van der Waals surface area contributed by atoms with E-state index in [2.05, 4.69) is 0 Å². The first-order valence-corrected chi connectivity index (χ1v) is 5.04. The van der Waals surface area contributed by atoms with Gasteiger partial charge in [0.1, 0.15) is 11.6 Å². The van der Waals surface area contributed by atoms with Gasteiger partial charge >= 0.3 is 5.97 Å². The van der Waals surface area contributed by atoms with Crippen LogP contribution in [0.25, 0.3) is 0 Å². The van der Waals surface area contributed by atoms with Crippen molar-refractivity contribution < 1.29 is 19.0 Å². The van der Waals surface area contributed by atoms with Gasteiger partial charge in [-0.15, -0.1) is 0 Å². The maximum absolute atomic E-state index is 13.6. The molecule has 0 spiro atoms. The first kappa shape index (κ1) is 12.5. The van der Waals surface area contributed by atoms with Crippen LogP contribution in [-0.4, -0.2) is 18.2 Å². The van der Waals surface area contributed by atoms with Crippen molar-refractivity contribution in [2.24, 2.45) is 5.92 Å². The van der Waals surface area contributed by atoms with Gasteiger partial charge in [-0.25, -0.2) is 4.39 Å². The molecule has 0 aromatic heterocycles. The third kappa shape index (κ3) is 2.32. The van der Waals surface area contributed by atoms with Crippen molar-refractivity contribution in [3.8, 4) is 5.75 Å². The highest BCUT2D eigenvalue weighted by molar-refractivity contribution is 5.71. The Labute approximate surface area is 93.9 Å². The minimum atomic E-state index is -0.946. The average molecular weight is 226 g/mol. The van der Waals surface area contributed by atoms with Gasteiger partial charge in [0.2, 0.25) is 0 Å². The number of carboxylic acid groups (broad SMARTS) is 1. The van der Waals surface area contributed by atoms with Gasteiger partial charge in [0.25, 0.3) is 0 Å². The molecule has 16 heavy (non-hydrogen) atoms. The van der Waals surface area contributed by atoms with Gasteiger partial charge in [0, 0.05) is 11.5 Å². The van der Waals surface area contributed by atoms with Crippen LogP contribution in [0.4, 0.5) is 4.39 Å².